The molecule has 27 heavy (non-hydrogen) atoms. The monoisotopic (exact) mass is 486 g/mol. The van der Waals surface area contributed by atoms with Crippen LogP contribution in [0.4, 0.5) is 14.5 Å². The first-order valence-electron chi connectivity index (χ1n) is 8.62. The van der Waals surface area contributed by atoms with Gasteiger partial charge in [-0.05, 0) is 86.8 Å². The number of carbonyl (C=O) groups excluding carboxylic acids is 1. The van der Waals surface area contributed by atoms with Gasteiger partial charge in [-0.2, -0.15) is 0 Å². The molecule has 2 aromatic rings. The Morgan fingerprint density at radius 3 is 2.22 bits per heavy atom. The van der Waals surface area contributed by atoms with Crippen LogP contribution >= 0.6 is 22.6 Å². The van der Waals surface area contributed by atoms with Crippen LogP contribution in [-0.4, -0.2) is 24.9 Å². The maximum Gasteiger partial charge on any atom is 0.270 e. The molecule has 0 unspecified atom stereocenters. The number of alkyl halides is 2. The van der Waals surface area contributed by atoms with Gasteiger partial charge in [0.25, 0.3) is 11.8 Å². The van der Waals surface area contributed by atoms with Gasteiger partial charge in [-0.25, -0.2) is 8.78 Å². The predicted octanol–water partition coefficient (Wildman–Crippen LogP) is 5.76. The van der Waals surface area contributed by atoms with E-state index < -0.39 is 11.5 Å². The standard InChI is InChI=1S/C21H25F2IN2O/c1-13-7-8-14(11-17(13)24)19(27)25-18-12-15(21(4,22)23)9-10-16(18)20(2,3)26(5)6/h7-12H,1-6H3,(H,25,27). The van der Waals surface area contributed by atoms with Gasteiger partial charge < -0.3 is 10.2 Å². The Bertz CT molecular complexity index is 858. The van der Waals surface area contributed by atoms with E-state index in [1.165, 1.54) is 12.1 Å². The number of nitrogens with one attached hydrogen (secondary N) is 1. The summed E-state index contributed by atoms with van der Waals surface area (Å²) in [5.74, 6) is -3.31. The summed E-state index contributed by atoms with van der Waals surface area (Å²) < 4.78 is 28.7. The molecule has 0 fully saturated rings. The minimum absolute atomic E-state index is 0.130. The minimum Gasteiger partial charge on any atom is -0.322 e. The molecule has 0 aromatic heterocycles. The molecule has 2 aromatic carbocycles. The summed E-state index contributed by atoms with van der Waals surface area (Å²) in [4.78, 5) is 14.8. The maximum atomic E-state index is 13.9. The number of nitrogens with zero attached hydrogens (tertiary/aromatic N) is 1. The first kappa shape index (κ1) is 21.8. The molecule has 0 spiro atoms. The molecule has 6 heteroatoms. The maximum absolute atomic E-state index is 13.9. The molecule has 0 heterocycles. The SMILES string of the molecule is Cc1ccc(C(=O)Nc2cc(C(C)(F)F)ccc2C(C)(C)N(C)C)cc1I. The summed E-state index contributed by atoms with van der Waals surface area (Å²) in [5, 5.41) is 2.84. The van der Waals surface area contributed by atoms with Crippen LogP contribution in [0, 0.1) is 10.5 Å². The number of carbonyl (C=O) groups is 1. The molecular weight excluding hydrogens is 461 g/mol. The van der Waals surface area contributed by atoms with Crippen LogP contribution < -0.4 is 5.32 Å². The molecule has 0 aliphatic rings. The Morgan fingerprint density at radius 2 is 1.70 bits per heavy atom. The summed E-state index contributed by atoms with van der Waals surface area (Å²) in [5.41, 5.74) is 2.16. The Kier molecular flexibility index (Phi) is 6.31. The van der Waals surface area contributed by atoms with Gasteiger partial charge in [0, 0.05) is 32.8 Å². The number of aryl methyl sites for hydroxylation is 1. The third kappa shape index (κ3) is 4.85. The molecule has 0 bridgehead atoms. The number of hydrogen-bond donors (Lipinski definition) is 1. The van der Waals surface area contributed by atoms with Crippen LogP contribution in [0.15, 0.2) is 36.4 Å². The van der Waals surface area contributed by atoms with E-state index in [1.54, 1.807) is 18.2 Å². The number of amides is 1. The van der Waals surface area contributed by atoms with Crippen molar-refractivity contribution < 1.29 is 13.6 Å². The number of rotatable bonds is 5. The van der Waals surface area contributed by atoms with Crippen LogP contribution in [0.3, 0.4) is 0 Å². The Balaban J connectivity index is 2.51. The summed E-state index contributed by atoms with van der Waals surface area (Å²) in [6.45, 7) is 6.79. The topological polar surface area (TPSA) is 32.3 Å². The van der Waals surface area contributed by atoms with E-state index in [9.17, 15) is 13.6 Å². The number of halogens is 3. The first-order chi connectivity index (χ1) is 12.3. The van der Waals surface area contributed by atoms with Crippen molar-refractivity contribution in [2.24, 2.45) is 0 Å². The van der Waals surface area contributed by atoms with Crippen LogP contribution in [0.5, 0.6) is 0 Å². The summed E-state index contributed by atoms with van der Waals surface area (Å²) in [7, 11) is 3.83. The average Bonchev–Trinajstić information content (AvgIpc) is 2.56. The van der Waals surface area contributed by atoms with Crippen molar-refractivity contribution >= 4 is 34.2 Å². The van der Waals surface area contributed by atoms with Gasteiger partial charge in [-0.1, -0.05) is 18.2 Å². The van der Waals surface area contributed by atoms with E-state index >= 15 is 0 Å². The lowest BCUT2D eigenvalue weighted by atomic mass is 9.89. The van der Waals surface area contributed by atoms with E-state index in [0.29, 0.717) is 11.3 Å². The molecule has 0 aliphatic heterocycles. The van der Waals surface area contributed by atoms with Crippen molar-refractivity contribution in [1.29, 1.82) is 0 Å². The Hall–Kier alpha value is -1.54. The fourth-order valence-corrected chi connectivity index (χ4v) is 3.14. The fourth-order valence-electron chi connectivity index (χ4n) is 2.62. The second kappa shape index (κ2) is 7.83. The second-order valence-electron chi connectivity index (χ2n) is 7.52. The third-order valence-corrected chi connectivity index (χ3v) is 6.15. The number of benzene rings is 2. The van der Waals surface area contributed by atoms with Crippen molar-refractivity contribution in [3.63, 3.8) is 0 Å². The van der Waals surface area contributed by atoms with Crippen LogP contribution in [0.1, 0.15) is 47.8 Å². The lowest BCUT2D eigenvalue weighted by Crippen LogP contribution is -2.36. The van der Waals surface area contributed by atoms with Crippen molar-refractivity contribution in [2.45, 2.75) is 39.2 Å². The van der Waals surface area contributed by atoms with E-state index in [1.807, 2.05) is 45.8 Å². The summed E-state index contributed by atoms with van der Waals surface area (Å²) >= 11 is 2.17. The first-order valence-corrected chi connectivity index (χ1v) is 9.69. The second-order valence-corrected chi connectivity index (χ2v) is 8.68. The Labute approximate surface area is 173 Å². The molecule has 1 N–H and O–H groups in total. The normalized spacial score (nSPS) is 12.4. The van der Waals surface area contributed by atoms with Gasteiger partial charge in [0.05, 0.1) is 0 Å². The Morgan fingerprint density at radius 1 is 1.07 bits per heavy atom. The van der Waals surface area contributed by atoms with Crippen molar-refractivity contribution in [3.05, 3.63) is 62.2 Å². The zero-order valence-electron chi connectivity index (χ0n) is 16.5. The van der Waals surface area contributed by atoms with Gasteiger partial charge in [-0.3, -0.25) is 4.79 Å². The molecule has 3 nitrogen and oxygen atoms in total. The lowest BCUT2D eigenvalue weighted by molar-refractivity contribution is 0.0174. The smallest absolute Gasteiger partial charge is 0.270 e. The van der Waals surface area contributed by atoms with Gasteiger partial charge in [0.15, 0.2) is 0 Å². The van der Waals surface area contributed by atoms with Crippen LogP contribution in [-0.2, 0) is 11.5 Å². The van der Waals surface area contributed by atoms with Gasteiger partial charge in [-0.15, -0.1) is 0 Å². The quantitative estimate of drug-likeness (QED) is 0.546. The largest absolute Gasteiger partial charge is 0.322 e. The molecule has 1 amide bonds. The molecular formula is C21H25F2IN2O. The van der Waals surface area contributed by atoms with Crippen molar-refractivity contribution in [2.75, 3.05) is 19.4 Å². The van der Waals surface area contributed by atoms with E-state index in [4.69, 9.17) is 0 Å². The molecule has 0 aliphatic carbocycles. The fraction of sp³-hybridized carbons (Fsp3) is 0.381. The van der Waals surface area contributed by atoms with Crippen molar-refractivity contribution in [1.82, 2.24) is 4.90 Å². The molecule has 0 saturated carbocycles. The molecule has 2 rings (SSSR count). The molecule has 0 atom stereocenters. The highest BCUT2D eigenvalue weighted by molar-refractivity contribution is 14.1. The predicted molar refractivity (Wildman–Crippen MR) is 115 cm³/mol. The van der Waals surface area contributed by atoms with Crippen LogP contribution in [0.2, 0.25) is 0 Å². The average molecular weight is 486 g/mol. The number of anilines is 1. The minimum atomic E-state index is -2.99. The summed E-state index contributed by atoms with van der Waals surface area (Å²) in [6.07, 6.45) is 0. The zero-order valence-corrected chi connectivity index (χ0v) is 18.6. The third-order valence-electron chi connectivity index (χ3n) is 4.99. The molecule has 0 saturated heterocycles. The highest BCUT2D eigenvalue weighted by Crippen LogP contribution is 2.36. The molecule has 146 valence electrons. The number of hydrogen-bond acceptors (Lipinski definition) is 2. The summed E-state index contributed by atoms with van der Waals surface area (Å²) in [6, 6.07) is 9.87. The van der Waals surface area contributed by atoms with Crippen molar-refractivity contribution in [3.8, 4) is 0 Å². The highest BCUT2D eigenvalue weighted by atomic mass is 127. The highest BCUT2D eigenvalue weighted by Gasteiger charge is 2.30. The van der Waals surface area contributed by atoms with Gasteiger partial charge in [0.2, 0.25) is 0 Å². The van der Waals surface area contributed by atoms with E-state index in [2.05, 4.69) is 27.9 Å². The van der Waals surface area contributed by atoms with E-state index in [-0.39, 0.29) is 11.5 Å². The zero-order chi connectivity index (χ0) is 20.6. The molecule has 0 radical (unpaired) electrons. The lowest BCUT2D eigenvalue weighted by Gasteiger charge is -2.35. The van der Waals surface area contributed by atoms with E-state index in [0.717, 1.165) is 21.6 Å². The van der Waals surface area contributed by atoms with Gasteiger partial charge in [0.1, 0.15) is 0 Å². The van der Waals surface area contributed by atoms with Crippen LogP contribution in [0.25, 0.3) is 0 Å². The van der Waals surface area contributed by atoms with Gasteiger partial charge >= 0.3 is 0 Å².